The third-order valence-corrected chi connectivity index (χ3v) is 6.00. The molecule has 0 aromatic carbocycles. The van der Waals surface area contributed by atoms with Crippen molar-refractivity contribution in [2.75, 3.05) is 22.6 Å². The van der Waals surface area contributed by atoms with E-state index in [0.29, 0.717) is 23.5 Å². The molecule has 8 heteroatoms. The van der Waals surface area contributed by atoms with Gasteiger partial charge in [0.1, 0.15) is 17.9 Å². The second-order valence-corrected chi connectivity index (χ2v) is 8.70. The van der Waals surface area contributed by atoms with Gasteiger partial charge in [0.25, 0.3) is 0 Å². The number of aromatic nitrogens is 3. The van der Waals surface area contributed by atoms with E-state index >= 15 is 0 Å². The molecule has 2 N–H and O–H groups in total. The molecule has 4 rings (SSSR count). The number of anilines is 3. The first kappa shape index (κ1) is 20.1. The Balaban J connectivity index is 1.40. The van der Waals surface area contributed by atoms with E-state index in [1.165, 1.54) is 6.20 Å². The Morgan fingerprint density at radius 3 is 2.73 bits per heavy atom. The van der Waals surface area contributed by atoms with E-state index in [9.17, 15) is 4.79 Å². The van der Waals surface area contributed by atoms with Crippen LogP contribution in [0.5, 0.6) is 0 Å². The molecule has 0 radical (unpaired) electrons. The summed E-state index contributed by atoms with van der Waals surface area (Å²) < 4.78 is 0. The van der Waals surface area contributed by atoms with Gasteiger partial charge in [-0.25, -0.2) is 15.0 Å². The van der Waals surface area contributed by atoms with Gasteiger partial charge in [-0.05, 0) is 49.7 Å². The lowest BCUT2D eigenvalue weighted by Gasteiger charge is -2.38. The zero-order valence-electron chi connectivity index (χ0n) is 17.8. The lowest BCUT2D eigenvalue weighted by atomic mass is 9.77. The van der Waals surface area contributed by atoms with Crippen molar-refractivity contribution in [2.45, 2.75) is 52.1 Å². The van der Waals surface area contributed by atoms with Crippen LogP contribution in [0.4, 0.5) is 17.3 Å². The molecule has 0 unspecified atom stereocenters. The molecule has 1 saturated carbocycles. The van der Waals surface area contributed by atoms with Crippen LogP contribution in [-0.4, -0.2) is 40.0 Å². The molecule has 1 fully saturated rings. The molecule has 2 aromatic rings. The van der Waals surface area contributed by atoms with Crippen LogP contribution in [0.15, 0.2) is 18.5 Å². The monoisotopic (exact) mass is 405 g/mol. The maximum Gasteiger partial charge on any atom is 0.247 e. The third kappa shape index (κ3) is 3.80. The molecule has 0 saturated heterocycles. The molecular formula is C22H27N7O. The van der Waals surface area contributed by atoms with Crippen molar-refractivity contribution >= 4 is 23.2 Å². The first-order valence-corrected chi connectivity index (χ1v) is 10.4. The van der Waals surface area contributed by atoms with Gasteiger partial charge in [0.15, 0.2) is 11.5 Å². The first-order chi connectivity index (χ1) is 14.4. The van der Waals surface area contributed by atoms with Crippen molar-refractivity contribution < 1.29 is 4.79 Å². The molecule has 1 aliphatic heterocycles. The van der Waals surface area contributed by atoms with Crippen LogP contribution >= 0.6 is 0 Å². The van der Waals surface area contributed by atoms with Crippen molar-refractivity contribution in [1.82, 2.24) is 15.0 Å². The molecule has 30 heavy (non-hydrogen) atoms. The van der Waals surface area contributed by atoms with Gasteiger partial charge in [0.05, 0.1) is 18.1 Å². The van der Waals surface area contributed by atoms with Crippen LogP contribution in [0.1, 0.15) is 43.6 Å². The molecule has 2 aromatic heterocycles. The summed E-state index contributed by atoms with van der Waals surface area (Å²) in [6.07, 6.45) is 6.09. The number of nitrogens with zero attached hydrogens (tertiary/aromatic N) is 5. The van der Waals surface area contributed by atoms with Crippen molar-refractivity contribution in [3.05, 3.63) is 35.4 Å². The minimum atomic E-state index is -0.203. The lowest BCUT2D eigenvalue weighted by Crippen LogP contribution is -2.49. The summed E-state index contributed by atoms with van der Waals surface area (Å²) in [7, 11) is 1.96. The fourth-order valence-corrected chi connectivity index (χ4v) is 4.48. The average Bonchev–Trinajstić information content (AvgIpc) is 2.67. The van der Waals surface area contributed by atoms with Crippen LogP contribution in [0.3, 0.4) is 0 Å². The molecule has 1 amide bonds. The highest BCUT2D eigenvalue weighted by Gasteiger charge is 2.35. The largest absolute Gasteiger partial charge is 0.366 e. The fraction of sp³-hybridized carbons (Fsp3) is 0.500. The number of nitrogens with one attached hydrogen (secondary N) is 2. The second-order valence-electron chi connectivity index (χ2n) is 8.70. The number of carbonyl (C=O) groups excluding carboxylic acids is 1. The number of carbonyl (C=O) groups is 1. The number of rotatable bonds is 5. The highest BCUT2D eigenvalue weighted by atomic mass is 16.2. The molecule has 0 spiro atoms. The number of likely N-dealkylation sites (N-methyl/N-ethyl adjacent to an activating group) is 1. The van der Waals surface area contributed by atoms with Crippen molar-refractivity contribution in [3.8, 4) is 6.07 Å². The Morgan fingerprint density at radius 1 is 1.33 bits per heavy atom. The summed E-state index contributed by atoms with van der Waals surface area (Å²) in [6, 6.07) is 4.23. The standard InChI is InChI=1S/C22H27N7O/c1-12(2)20-22(30)28-19-13(3)5-15(27-21(19)29(20)4)6-14-7-16(8-14)26-18-11-24-17(9-23)10-25-18/h5,10-12,14,16,20H,6-8H2,1-4H3,(H,25,26)(H,28,30)/t14?,16?,20-/m0/s1. The van der Waals surface area contributed by atoms with Crippen LogP contribution in [0.2, 0.25) is 0 Å². The number of pyridine rings is 1. The summed E-state index contributed by atoms with van der Waals surface area (Å²) in [5, 5.41) is 15.2. The maximum atomic E-state index is 12.5. The van der Waals surface area contributed by atoms with E-state index in [0.717, 1.165) is 42.0 Å². The fourth-order valence-electron chi connectivity index (χ4n) is 4.48. The molecule has 1 atom stereocenters. The van der Waals surface area contributed by atoms with E-state index < -0.39 is 0 Å². The highest BCUT2D eigenvalue weighted by molar-refractivity contribution is 6.03. The van der Waals surface area contributed by atoms with E-state index in [1.54, 1.807) is 6.20 Å². The van der Waals surface area contributed by atoms with Gasteiger partial charge >= 0.3 is 0 Å². The molecular weight excluding hydrogens is 378 g/mol. The molecule has 8 nitrogen and oxygen atoms in total. The minimum Gasteiger partial charge on any atom is -0.366 e. The molecule has 3 heterocycles. The SMILES string of the molecule is Cc1cc(CC2CC(Nc3cnc(C#N)cn3)C2)nc2c1NC(=O)[C@H](C(C)C)N2C. The Bertz CT molecular complexity index is 990. The Morgan fingerprint density at radius 2 is 2.10 bits per heavy atom. The molecule has 0 bridgehead atoms. The van der Waals surface area contributed by atoms with Crippen molar-refractivity contribution in [2.24, 2.45) is 11.8 Å². The Kier molecular flexibility index (Phi) is 5.29. The highest BCUT2D eigenvalue weighted by Crippen LogP contribution is 2.37. The van der Waals surface area contributed by atoms with E-state index in [-0.39, 0.29) is 17.9 Å². The smallest absolute Gasteiger partial charge is 0.247 e. The average molecular weight is 406 g/mol. The van der Waals surface area contributed by atoms with Gasteiger partial charge in [-0.3, -0.25) is 4.79 Å². The number of nitriles is 1. The van der Waals surface area contributed by atoms with Gasteiger partial charge in [0.2, 0.25) is 5.91 Å². The van der Waals surface area contributed by atoms with Crippen LogP contribution < -0.4 is 15.5 Å². The molecule has 156 valence electrons. The van der Waals surface area contributed by atoms with Gasteiger partial charge < -0.3 is 15.5 Å². The van der Waals surface area contributed by atoms with Gasteiger partial charge in [-0.2, -0.15) is 5.26 Å². The zero-order chi connectivity index (χ0) is 21.4. The predicted molar refractivity (Wildman–Crippen MR) is 115 cm³/mol. The summed E-state index contributed by atoms with van der Waals surface area (Å²) in [5.41, 5.74) is 3.27. The normalized spacial score (nSPS) is 22.7. The van der Waals surface area contributed by atoms with E-state index in [4.69, 9.17) is 10.2 Å². The van der Waals surface area contributed by atoms with Crippen LogP contribution in [0.25, 0.3) is 0 Å². The molecule has 2 aliphatic rings. The summed E-state index contributed by atoms with van der Waals surface area (Å²) in [5.74, 6) is 2.37. The van der Waals surface area contributed by atoms with Crippen molar-refractivity contribution in [3.63, 3.8) is 0 Å². The quantitative estimate of drug-likeness (QED) is 0.787. The third-order valence-electron chi connectivity index (χ3n) is 6.00. The van der Waals surface area contributed by atoms with Gasteiger partial charge in [-0.1, -0.05) is 13.8 Å². The Labute approximate surface area is 176 Å². The van der Waals surface area contributed by atoms with Gasteiger partial charge in [0, 0.05) is 18.8 Å². The first-order valence-electron chi connectivity index (χ1n) is 10.4. The van der Waals surface area contributed by atoms with Crippen molar-refractivity contribution in [1.29, 1.82) is 5.26 Å². The summed E-state index contributed by atoms with van der Waals surface area (Å²) >= 11 is 0. The number of amides is 1. The molecule has 1 aliphatic carbocycles. The number of aryl methyl sites for hydroxylation is 1. The maximum absolute atomic E-state index is 12.5. The van der Waals surface area contributed by atoms with Crippen LogP contribution in [-0.2, 0) is 11.2 Å². The number of hydrogen-bond acceptors (Lipinski definition) is 7. The zero-order valence-corrected chi connectivity index (χ0v) is 17.8. The van der Waals surface area contributed by atoms with E-state index in [1.807, 2.05) is 24.9 Å². The number of fused-ring (bicyclic) bond motifs is 1. The topological polar surface area (TPSA) is 107 Å². The van der Waals surface area contributed by atoms with E-state index in [2.05, 4.69) is 40.5 Å². The minimum absolute atomic E-state index is 0.0384. The lowest BCUT2D eigenvalue weighted by molar-refractivity contribution is -0.118. The summed E-state index contributed by atoms with van der Waals surface area (Å²) in [6.45, 7) is 6.15. The summed E-state index contributed by atoms with van der Waals surface area (Å²) in [4.78, 5) is 27.7. The van der Waals surface area contributed by atoms with Gasteiger partial charge in [-0.15, -0.1) is 0 Å². The Hall–Kier alpha value is -3.21. The van der Waals surface area contributed by atoms with Crippen LogP contribution in [0, 0.1) is 30.1 Å². The second kappa shape index (κ2) is 7.90. The predicted octanol–water partition coefficient (Wildman–Crippen LogP) is 2.90. The number of hydrogen-bond donors (Lipinski definition) is 2.